The summed E-state index contributed by atoms with van der Waals surface area (Å²) in [5, 5.41) is 9.80. The van der Waals surface area contributed by atoms with E-state index >= 15 is 0 Å². The first kappa shape index (κ1) is 5.65. The molecule has 0 amide bonds. The maximum atomic E-state index is 3.29. The lowest BCUT2D eigenvalue weighted by molar-refractivity contribution is 0.604. The van der Waals surface area contributed by atoms with E-state index < -0.39 is 0 Å². The summed E-state index contributed by atoms with van der Waals surface area (Å²) >= 11 is 0. The average Bonchev–Trinajstić information content (AvgIpc) is 2.05. The Balaban J connectivity index is 2.23. The zero-order valence-corrected chi connectivity index (χ0v) is 5.78. The summed E-state index contributed by atoms with van der Waals surface area (Å²) in [5.41, 5.74) is 1.19. The topological polar surface area (TPSA) is 36.1 Å². The molecule has 2 rings (SSSR count). The molecule has 2 aliphatic rings. The minimum Gasteiger partial charge on any atom is -0.380 e. The Hall–Kier alpha value is -1.12. The van der Waals surface area contributed by atoms with Gasteiger partial charge in [0.25, 0.3) is 0 Å². The highest BCUT2D eigenvalue weighted by Gasteiger charge is 2.09. The van der Waals surface area contributed by atoms with Crippen molar-refractivity contribution in [1.29, 1.82) is 0 Å². The van der Waals surface area contributed by atoms with Crippen molar-refractivity contribution in [1.82, 2.24) is 16.0 Å². The second kappa shape index (κ2) is 2.25. The van der Waals surface area contributed by atoms with Crippen LogP contribution in [0, 0.1) is 0 Å². The monoisotopic (exact) mass is 137 g/mol. The maximum Gasteiger partial charge on any atom is 0.123 e. The third-order valence-electron chi connectivity index (χ3n) is 1.69. The van der Waals surface area contributed by atoms with Crippen molar-refractivity contribution in [3.05, 3.63) is 23.7 Å². The maximum absolute atomic E-state index is 3.29. The summed E-state index contributed by atoms with van der Waals surface area (Å²) in [6, 6.07) is 0. The molecular formula is C7H11N3. The second-order valence-electron chi connectivity index (χ2n) is 2.43. The molecule has 0 unspecified atom stereocenters. The van der Waals surface area contributed by atoms with Crippen LogP contribution >= 0.6 is 0 Å². The van der Waals surface area contributed by atoms with E-state index in [0.29, 0.717) is 0 Å². The van der Waals surface area contributed by atoms with E-state index in [1.807, 2.05) is 0 Å². The molecule has 3 heteroatoms. The van der Waals surface area contributed by atoms with Crippen LogP contribution in [0.4, 0.5) is 0 Å². The lowest BCUT2D eigenvalue weighted by Crippen LogP contribution is -2.42. The molecule has 3 N–H and O–H groups in total. The van der Waals surface area contributed by atoms with Crippen molar-refractivity contribution < 1.29 is 0 Å². The summed E-state index contributed by atoms with van der Waals surface area (Å²) in [6.45, 7) is 2.97. The number of allylic oxidation sites excluding steroid dienone is 1. The Morgan fingerprint density at radius 2 is 2.00 bits per heavy atom. The number of hydrogen-bond acceptors (Lipinski definition) is 3. The Morgan fingerprint density at radius 1 is 1.10 bits per heavy atom. The highest BCUT2D eigenvalue weighted by atomic mass is 15.2. The van der Waals surface area contributed by atoms with Gasteiger partial charge < -0.3 is 16.0 Å². The predicted molar refractivity (Wildman–Crippen MR) is 40.2 cm³/mol. The van der Waals surface area contributed by atoms with Crippen molar-refractivity contribution in [3.63, 3.8) is 0 Å². The summed E-state index contributed by atoms with van der Waals surface area (Å²) in [5.74, 6) is 1.15. The van der Waals surface area contributed by atoms with Gasteiger partial charge in [-0.05, 0) is 6.08 Å². The van der Waals surface area contributed by atoms with Crippen LogP contribution < -0.4 is 16.0 Å². The number of rotatable bonds is 0. The molecule has 0 aromatic carbocycles. The third kappa shape index (κ3) is 0.835. The van der Waals surface area contributed by atoms with Crippen LogP contribution in [0.15, 0.2) is 23.7 Å². The standard InChI is InChI=1S/C7H11N3/c1-2-6-7(9-3-1)10-5-4-8-6/h1-2,8-10H,3-5H2. The quantitative estimate of drug-likeness (QED) is 0.421. The molecule has 10 heavy (non-hydrogen) atoms. The molecule has 0 radical (unpaired) electrons. The van der Waals surface area contributed by atoms with Crippen LogP contribution in [-0.4, -0.2) is 19.6 Å². The van der Waals surface area contributed by atoms with Gasteiger partial charge in [-0.1, -0.05) is 6.08 Å². The highest BCUT2D eigenvalue weighted by Crippen LogP contribution is 2.03. The van der Waals surface area contributed by atoms with Crippen LogP contribution in [0.3, 0.4) is 0 Å². The first-order valence-corrected chi connectivity index (χ1v) is 3.59. The van der Waals surface area contributed by atoms with Gasteiger partial charge in [0, 0.05) is 19.6 Å². The molecule has 2 aliphatic heterocycles. The zero-order chi connectivity index (χ0) is 6.81. The van der Waals surface area contributed by atoms with Crippen molar-refractivity contribution in [2.75, 3.05) is 19.6 Å². The fourth-order valence-corrected chi connectivity index (χ4v) is 1.21. The third-order valence-corrected chi connectivity index (χ3v) is 1.69. The molecule has 3 nitrogen and oxygen atoms in total. The van der Waals surface area contributed by atoms with E-state index in [2.05, 4.69) is 28.1 Å². The van der Waals surface area contributed by atoms with Gasteiger partial charge in [-0.2, -0.15) is 0 Å². The van der Waals surface area contributed by atoms with Gasteiger partial charge in [0.15, 0.2) is 0 Å². The SMILES string of the molecule is C1=CC2=C(NC1)NCCN2. The van der Waals surface area contributed by atoms with Crippen molar-refractivity contribution in [3.8, 4) is 0 Å². The molecule has 0 atom stereocenters. The van der Waals surface area contributed by atoms with E-state index in [-0.39, 0.29) is 0 Å². The molecular weight excluding hydrogens is 126 g/mol. The predicted octanol–water partition coefficient (Wildman–Crippen LogP) is -0.492. The Bertz CT molecular complexity index is 193. The Morgan fingerprint density at radius 3 is 2.90 bits per heavy atom. The van der Waals surface area contributed by atoms with Crippen LogP contribution in [0.25, 0.3) is 0 Å². The number of nitrogens with one attached hydrogen (secondary N) is 3. The van der Waals surface area contributed by atoms with Crippen LogP contribution in [0.1, 0.15) is 0 Å². The largest absolute Gasteiger partial charge is 0.380 e. The smallest absolute Gasteiger partial charge is 0.123 e. The van der Waals surface area contributed by atoms with Gasteiger partial charge in [0.1, 0.15) is 5.82 Å². The fourth-order valence-electron chi connectivity index (χ4n) is 1.21. The lowest BCUT2D eigenvalue weighted by Gasteiger charge is -2.24. The molecule has 0 spiro atoms. The van der Waals surface area contributed by atoms with Gasteiger partial charge in [0.2, 0.25) is 0 Å². The van der Waals surface area contributed by atoms with Gasteiger partial charge >= 0.3 is 0 Å². The van der Waals surface area contributed by atoms with E-state index in [4.69, 9.17) is 0 Å². The van der Waals surface area contributed by atoms with Gasteiger partial charge in [0.05, 0.1) is 5.70 Å². The molecule has 0 fully saturated rings. The minimum atomic E-state index is 0.938. The van der Waals surface area contributed by atoms with E-state index in [1.54, 1.807) is 0 Å². The number of hydrogen-bond donors (Lipinski definition) is 3. The molecule has 0 aromatic rings. The second-order valence-corrected chi connectivity index (χ2v) is 2.43. The molecule has 0 aliphatic carbocycles. The van der Waals surface area contributed by atoms with Gasteiger partial charge in [-0.25, -0.2) is 0 Å². The van der Waals surface area contributed by atoms with Crippen molar-refractivity contribution in [2.45, 2.75) is 0 Å². The first-order chi connectivity index (χ1) is 4.97. The minimum absolute atomic E-state index is 0.938. The molecule has 0 saturated heterocycles. The summed E-state index contributed by atoms with van der Waals surface area (Å²) in [4.78, 5) is 0. The van der Waals surface area contributed by atoms with Crippen LogP contribution in [0.5, 0.6) is 0 Å². The van der Waals surface area contributed by atoms with Gasteiger partial charge in [-0.15, -0.1) is 0 Å². The molecule has 2 heterocycles. The highest BCUT2D eigenvalue weighted by molar-refractivity contribution is 5.27. The summed E-state index contributed by atoms with van der Waals surface area (Å²) in [7, 11) is 0. The molecule has 0 bridgehead atoms. The lowest BCUT2D eigenvalue weighted by atomic mass is 10.2. The Kier molecular flexibility index (Phi) is 1.27. The molecule has 0 saturated carbocycles. The first-order valence-electron chi connectivity index (χ1n) is 3.59. The van der Waals surface area contributed by atoms with Crippen molar-refractivity contribution in [2.24, 2.45) is 0 Å². The fraction of sp³-hybridized carbons (Fsp3) is 0.429. The normalized spacial score (nSPS) is 22.4. The van der Waals surface area contributed by atoms with Crippen LogP contribution in [0.2, 0.25) is 0 Å². The van der Waals surface area contributed by atoms with E-state index in [0.717, 1.165) is 25.5 Å². The van der Waals surface area contributed by atoms with Crippen LogP contribution in [-0.2, 0) is 0 Å². The van der Waals surface area contributed by atoms with E-state index in [9.17, 15) is 0 Å². The molecule has 0 aromatic heterocycles. The molecule has 54 valence electrons. The van der Waals surface area contributed by atoms with E-state index in [1.165, 1.54) is 5.70 Å². The van der Waals surface area contributed by atoms with Gasteiger partial charge in [-0.3, -0.25) is 0 Å². The number of dihydropyridines is 1. The zero-order valence-electron chi connectivity index (χ0n) is 5.78. The van der Waals surface area contributed by atoms with Crippen molar-refractivity contribution >= 4 is 0 Å². The Labute approximate surface area is 60.2 Å². The summed E-state index contributed by atoms with van der Waals surface area (Å²) < 4.78 is 0. The summed E-state index contributed by atoms with van der Waals surface area (Å²) in [6.07, 6.45) is 4.22. The average molecular weight is 137 g/mol.